The molecule has 2 aromatic rings. The van der Waals surface area contributed by atoms with Crippen LogP contribution in [0.1, 0.15) is 36.6 Å². The molecule has 120 valence electrons. The number of carboxylic acids is 1. The number of halogens is 1. The van der Waals surface area contributed by atoms with Crippen LogP contribution < -0.4 is 5.32 Å². The monoisotopic (exact) mass is 331 g/mol. The Bertz CT molecular complexity index is 710. The topological polar surface area (TPSA) is 69.6 Å². The lowest BCUT2D eigenvalue weighted by atomic mass is 9.64. The van der Waals surface area contributed by atoms with Crippen molar-refractivity contribution in [1.29, 1.82) is 0 Å². The second kappa shape index (κ2) is 6.22. The van der Waals surface area contributed by atoms with Crippen molar-refractivity contribution in [2.45, 2.75) is 30.9 Å². The van der Waals surface area contributed by atoms with Crippen LogP contribution in [-0.2, 0) is 10.2 Å². The molecule has 0 amide bonds. The zero-order valence-corrected chi connectivity index (χ0v) is 13.3. The number of carboxylic acid groups (broad SMARTS) is 1. The molecule has 3 N–H and O–H groups in total. The molecule has 5 heteroatoms. The van der Waals surface area contributed by atoms with E-state index in [2.05, 4.69) is 5.32 Å². The van der Waals surface area contributed by atoms with E-state index in [4.69, 9.17) is 11.6 Å². The van der Waals surface area contributed by atoms with Crippen LogP contribution in [0.25, 0.3) is 0 Å². The standard InChI is InChI=1S/C18H18ClNO3/c19-14-4-1-3-12(11-14)16(21)20-15-7-5-13(6-8-15)18(17(22)23)9-2-10-18/h1,3-8,11,16,20-21H,2,9-10H2,(H,22,23). The van der Waals surface area contributed by atoms with Crippen LogP contribution in [0.4, 0.5) is 5.69 Å². The van der Waals surface area contributed by atoms with Gasteiger partial charge in [-0.3, -0.25) is 4.79 Å². The number of aliphatic carboxylic acids is 1. The lowest BCUT2D eigenvalue weighted by Crippen LogP contribution is -2.42. The van der Waals surface area contributed by atoms with Crippen LogP contribution in [0.15, 0.2) is 48.5 Å². The summed E-state index contributed by atoms with van der Waals surface area (Å²) in [6, 6.07) is 14.2. The van der Waals surface area contributed by atoms with Gasteiger partial charge in [0.25, 0.3) is 0 Å². The van der Waals surface area contributed by atoms with Gasteiger partial charge in [-0.2, -0.15) is 0 Å². The average molecular weight is 332 g/mol. The molecular formula is C18H18ClNO3. The van der Waals surface area contributed by atoms with Crippen molar-refractivity contribution in [2.75, 3.05) is 5.32 Å². The van der Waals surface area contributed by atoms with Crippen LogP contribution in [-0.4, -0.2) is 16.2 Å². The molecule has 1 unspecified atom stereocenters. The summed E-state index contributed by atoms with van der Waals surface area (Å²) in [7, 11) is 0. The molecule has 1 saturated carbocycles. The maximum atomic E-state index is 11.5. The van der Waals surface area contributed by atoms with Gasteiger partial charge in [-0.25, -0.2) is 0 Å². The molecule has 2 aromatic carbocycles. The van der Waals surface area contributed by atoms with E-state index in [1.54, 1.807) is 36.4 Å². The Hall–Kier alpha value is -2.04. The molecule has 1 atom stereocenters. The minimum absolute atomic E-state index is 0.562. The maximum Gasteiger partial charge on any atom is 0.314 e. The van der Waals surface area contributed by atoms with Gasteiger partial charge in [0, 0.05) is 16.3 Å². The van der Waals surface area contributed by atoms with E-state index in [0.29, 0.717) is 23.4 Å². The molecule has 0 spiro atoms. The average Bonchev–Trinajstić information content (AvgIpc) is 2.47. The molecule has 4 nitrogen and oxygen atoms in total. The van der Waals surface area contributed by atoms with E-state index in [1.807, 2.05) is 12.1 Å². The Labute approximate surface area is 139 Å². The first-order valence-electron chi connectivity index (χ1n) is 7.55. The van der Waals surface area contributed by atoms with Gasteiger partial charge in [0.05, 0.1) is 5.41 Å². The Morgan fingerprint density at radius 2 is 1.87 bits per heavy atom. The lowest BCUT2D eigenvalue weighted by molar-refractivity contribution is -0.147. The highest BCUT2D eigenvalue weighted by molar-refractivity contribution is 6.30. The van der Waals surface area contributed by atoms with E-state index in [9.17, 15) is 15.0 Å². The lowest BCUT2D eigenvalue weighted by Gasteiger charge is -2.38. The van der Waals surface area contributed by atoms with E-state index >= 15 is 0 Å². The van der Waals surface area contributed by atoms with Gasteiger partial charge in [0.1, 0.15) is 0 Å². The zero-order valence-electron chi connectivity index (χ0n) is 12.5. The number of anilines is 1. The van der Waals surface area contributed by atoms with Gasteiger partial charge < -0.3 is 15.5 Å². The van der Waals surface area contributed by atoms with Crippen LogP contribution in [0.2, 0.25) is 5.02 Å². The van der Waals surface area contributed by atoms with Crippen LogP contribution in [0.5, 0.6) is 0 Å². The van der Waals surface area contributed by atoms with Crippen molar-refractivity contribution < 1.29 is 15.0 Å². The summed E-state index contributed by atoms with van der Waals surface area (Å²) in [6.07, 6.45) is 1.43. The van der Waals surface area contributed by atoms with Gasteiger partial charge in [0.15, 0.2) is 6.23 Å². The molecule has 23 heavy (non-hydrogen) atoms. The molecule has 0 bridgehead atoms. The van der Waals surface area contributed by atoms with Gasteiger partial charge in [-0.05, 0) is 42.7 Å². The molecule has 1 aliphatic rings. The number of rotatable bonds is 5. The highest BCUT2D eigenvalue weighted by atomic mass is 35.5. The summed E-state index contributed by atoms with van der Waals surface area (Å²) in [5, 5.41) is 23.2. The third-order valence-electron chi connectivity index (χ3n) is 4.52. The fraction of sp³-hybridized carbons (Fsp3) is 0.278. The minimum atomic E-state index is -0.878. The van der Waals surface area contributed by atoms with Crippen LogP contribution in [0.3, 0.4) is 0 Å². The molecule has 0 aliphatic heterocycles. The second-order valence-electron chi connectivity index (χ2n) is 5.92. The summed E-state index contributed by atoms with van der Waals surface area (Å²) in [6.45, 7) is 0. The molecule has 3 rings (SSSR count). The molecule has 1 aliphatic carbocycles. The van der Waals surface area contributed by atoms with Crippen molar-refractivity contribution in [3.63, 3.8) is 0 Å². The van der Waals surface area contributed by atoms with E-state index in [1.165, 1.54) is 0 Å². The molecule has 1 fully saturated rings. The number of benzene rings is 2. The number of hydrogen-bond acceptors (Lipinski definition) is 3. The smallest absolute Gasteiger partial charge is 0.314 e. The van der Waals surface area contributed by atoms with E-state index < -0.39 is 17.6 Å². The zero-order chi connectivity index (χ0) is 16.4. The second-order valence-corrected chi connectivity index (χ2v) is 6.36. The summed E-state index contributed by atoms with van der Waals surface area (Å²) in [4.78, 5) is 11.5. The van der Waals surface area contributed by atoms with Gasteiger partial charge in [-0.1, -0.05) is 42.3 Å². The first-order valence-corrected chi connectivity index (χ1v) is 7.93. The third kappa shape index (κ3) is 3.05. The predicted octanol–water partition coefficient (Wildman–Crippen LogP) is 3.95. The summed E-state index contributed by atoms with van der Waals surface area (Å²) in [5.41, 5.74) is 1.48. The third-order valence-corrected chi connectivity index (χ3v) is 4.76. The predicted molar refractivity (Wildman–Crippen MR) is 89.6 cm³/mol. The highest BCUT2D eigenvalue weighted by Gasteiger charge is 2.45. The van der Waals surface area contributed by atoms with Gasteiger partial charge >= 0.3 is 5.97 Å². The highest BCUT2D eigenvalue weighted by Crippen LogP contribution is 2.44. The maximum absolute atomic E-state index is 11.5. The van der Waals surface area contributed by atoms with Crippen molar-refractivity contribution in [3.05, 3.63) is 64.7 Å². The normalized spacial score (nSPS) is 17.1. The largest absolute Gasteiger partial charge is 0.481 e. The van der Waals surface area contributed by atoms with Crippen LogP contribution >= 0.6 is 11.6 Å². The minimum Gasteiger partial charge on any atom is -0.481 e. The molecule has 0 saturated heterocycles. The number of carbonyl (C=O) groups is 1. The summed E-state index contributed by atoms with van der Waals surface area (Å²) in [5.74, 6) is -0.761. The Morgan fingerprint density at radius 3 is 2.39 bits per heavy atom. The van der Waals surface area contributed by atoms with Crippen molar-refractivity contribution >= 4 is 23.3 Å². The number of aliphatic hydroxyl groups excluding tert-OH is 1. The molecule has 0 heterocycles. The summed E-state index contributed by atoms with van der Waals surface area (Å²) >= 11 is 5.92. The van der Waals surface area contributed by atoms with Gasteiger partial charge in [0.2, 0.25) is 0 Å². The number of aliphatic hydroxyl groups is 1. The molecule has 0 radical (unpaired) electrons. The fourth-order valence-corrected chi connectivity index (χ4v) is 3.16. The number of nitrogens with one attached hydrogen (secondary N) is 1. The SMILES string of the molecule is O=C(O)C1(c2ccc(NC(O)c3cccc(Cl)c3)cc2)CCC1. The Morgan fingerprint density at radius 1 is 1.17 bits per heavy atom. The van der Waals surface area contributed by atoms with Gasteiger partial charge in [-0.15, -0.1) is 0 Å². The van der Waals surface area contributed by atoms with Crippen LogP contribution in [0, 0.1) is 0 Å². The Kier molecular flexibility index (Phi) is 4.28. The number of hydrogen-bond donors (Lipinski definition) is 3. The first-order chi connectivity index (χ1) is 11.0. The summed E-state index contributed by atoms with van der Waals surface area (Å²) < 4.78 is 0. The fourth-order valence-electron chi connectivity index (χ4n) is 2.96. The van der Waals surface area contributed by atoms with Crippen molar-refractivity contribution in [1.82, 2.24) is 0 Å². The first kappa shape index (κ1) is 15.8. The van der Waals surface area contributed by atoms with Crippen molar-refractivity contribution in [3.8, 4) is 0 Å². The quantitative estimate of drug-likeness (QED) is 0.726. The Balaban J connectivity index is 1.74. The molecule has 0 aromatic heterocycles. The van der Waals surface area contributed by atoms with E-state index in [-0.39, 0.29) is 0 Å². The molecular weight excluding hydrogens is 314 g/mol. The van der Waals surface area contributed by atoms with Crippen molar-refractivity contribution in [2.24, 2.45) is 0 Å². The van der Waals surface area contributed by atoms with E-state index in [0.717, 1.165) is 17.7 Å².